The SMILES string of the molecule is O=C(NNC(=O)C1CCN(S(=O)(=O)c2cccnc2)CC1)c1cccc(Cl)c1. The summed E-state index contributed by atoms with van der Waals surface area (Å²) in [5.41, 5.74) is 5.07. The smallest absolute Gasteiger partial charge is 0.269 e. The van der Waals surface area contributed by atoms with Crippen molar-refractivity contribution < 1.29 is 18.0 Å². The molecule has 10 heteroatoms. The number of aromatic nitrogens is 1. The van der Waals surface area contributed by atoms with E-state index in [-0.39, 0.29) is 29.8 Å². The van der Waals surface area contributed by atoms with Gasteiger partial charge in [-0.1, -0.05) is 17.7 Å². The third-order valence-electron chi connectivity index (χ3n) is 4.48. The molecule has 1 aromatic heterocycles. The summed E-state index contributed by atoms with van der Waals surface area (Å²) in [7, 11) is -3.62. The number of nitrogens with zero attached hydrogens (tertiary/aromatic N) is 2. The predicted molar refractivity (Wildman–Crippen MR) is 103 cm³/mol. The highest BCUT2D eigenvalue weighted by Gasteiger charge is 2.32. The largest absolute Gasteiger partial charge is 0.273 e. The zero-order valence-electron chi connectivity index (χ0n) is 14.8. The monoisotopic (exact) mass is 422 g/mol. The maximum absolute atomic E-state index is 12.6. The number of amides is 2. The lowest BCUT2D eigenvalue weighted by Crippen LogP contribution is -2.48. The molecule has 1 aliphatic heterocycles. The van der Waals surface area contributed by atoms with E-state index in [9.17, 15) is 18.0 Å². The van der Waals surface area contributed by atoms with Crippen LogP contribution < -0.4 is 10.9 Å². The summed E-state index contributed by atoms with van der Waals surface area (Å²) >= 11 is 5.84. The van der Waals surface area contributed by atoms with Crippen LogP contribution in [0.2, 0.25) is 5.02 Å². The fraction of sp³-hybridized carbons (Fsp3) is 0.278. The molecule has 2 heterocycles. The van der Waals surface area contributed by atoms with Crippen molar-refractivity contribution in [2.75, 3.05) is 13.1 Å². The fourth-order valence-corrected chi connectivity index (χ4v) is 4.55. The highest BCUT2D eigenvalue weighted by Crippen LogP contribution is 2.23. The van der Waals surface area contributed by atoms with Crippen LogP contribution in [0, 0.1) is 5.92 Å². The second-order valence-electron chi connectivity index (χ2n) is 6.32. The van der Waals surface area contributed by atoms with E-state index in [1.807, 2.05) is 0 Å². The normalized spacial score (nSPS) is 15.8. The van der Waals surface area contributed by atoms with Gasteiger partial charge in [0, 0.05) is 42.0 Å². The van der Waals surface area contributed by atoms with E-state index in [2.05, 4.69) is 15.8 Å². The van der Waals surface area contributed by atoms with Gasteiger partial charge >= 0.3 is 0 Å². The molecule has 1 aliphatic rings. The van der Waals surface area contributed by atoms with Crippen LogP contribution in [-0.2, 0) is 14.8 Å². The molecule has 1 fully saturated rings. The summed E-state index contributed by atoms with van der Waals surface area (Å²) in [5, 5.41) is 0.418. The van der Waals surface area contributed by atoms with Crippen molar-refractivity contribution in [3.8, 4) is 0 Å². The second-order valence-corrected chi connectivity index (χ2v) is 8.70. The topological polar surface area (TPSA) is 108 Å². The minimum Gasteiger partial charge on any atom is -0.273 e. The molecule has 1 saturated heterocycles. The van der Waals surface area contributed by atoms with E-state index in [0.29, 0.717) is 23.4 Å². The fourth-order valence-electron chi connectivity index (χ4n) is 2.93. The Labute approximate surface area is 167 Å². The summed E-state index contributed by atoms with van der Waals surface area (Å²) in [4.78, 5) is 28.3. The quantitative estimate of drug-likeness (QED) is 0.727. The number of benzene rings is 1. The van der Waals surface area contributed by atoms with Gasteiger partial charge in [-0.2, -0.15) is 4.31 Å². The third-order valence-corrected chi connectivity index (χ3v) is 6.60. The maximum atomic E-state index is 12.6. The van der Waals surface area contributed by atoms with Crippen LogP contribution in [-0.4, -0.2) is 42.6 Å². The van der Waals surface area contributed by atoms with E-state index in [1.165, 1.54) is 28.8 Å². The Morgan fingerprint density at radius 3 is 2.50 bits per heavy atom. The van der Waals surface area contributed by atoms with Gasteiger partial charge in [0.25, 0.3) is 5.91 Å². The number of sulfonamides is 1. The highest BCUT2D eigenvalue weighted by molar-refractivity contribution is 7.89. The average Bonchev–Trinajstić information content (AvgIpc) is 2.72. The van der Waals surface area contributed by atoms with Crippen molar-refractivity contribution in [3.63, 3.8) is 0 Å². The van der Waals surface area contributed by atoms with Gasteiger partial charge in [0.05, 0.1) is 0 Å². The van der Waals surface area contributed by atoms with Crippen LogP contribution in [0.1, 0.15) is 23.2 Å². The first-order valence-corrected chi connectivity index (χ1v) is 10.5. The molecular weight excluding hydrogens is 404 g/mol. The van der Waals surface area contributed by atoms with Crippen LogP contribution >= 0.6 is 11.6 Å². The lowest BCUT2D eigenvalue weighted by atomic mass is 9.98. The van der Waals surface area contributed by atoms with E-state index >= 15 is 0 Å². The van der Waals surface area contributed by atoms with Crippen LogP contribution in [0.25, 0.3) is 0 Å². The number of hydrazine groups is 1. The molecule has 1 aromatic carbocycles. The average molecular weight is 423 g/mol. The Morgan fingerprint density at radius 2 is 1.86 bits per heavy atom. The Hall–Kier alpha value is -2.49. The van der Waals surface area contributed by atoms with Gasteiger partial charge in [0.1, 0.15) is 4.90 Å². The summed E-state index contributed by atoms with van der Waals surface area (Å²) in [5.74, 6) is -1.22. The molecular formula is C18H19ClN4O4S. The van der Waals surface area contributed by atoms with Crippen LogP contribution in [0.4, 0.5) is 0 Å². The molecule has 0 bridgehead atoms. The van der Waals surface area contributed by atoms with Crippen molar-refractivity contribution in [1.29, 1.82) is 0 Å². The molecule has 0 saturated carbocycles. The van der Waals surface area contributed by atoms with Gasteiger partial charge in [-0.05, 0) is 43.2 Å². The van der Waals surface area contributed by atoms with Crippen LogP contribution in [0.5, 0.6) is 0 Å². The van der Waals surface area contributed by atoms with Gasteiger partial charge in [-0.15, -0.1) is 0 Å². The Morgan fingerprint density at radius 1 is 1.11 bits per heavy atom. The number of carbonyl (C=O) groups is 2. The van der Waals surface area contributed by atoms with Crippen molar-refractivity contribution in [3.05, 3.63) is 59.4 Å². The zero-order chi connectivity index (χ0) is 20.1. The third kappa shape index (κ3) is 4.67. The van der Waals surface area contributed by atoms with Crippen molar-refractivity contribution >= 4 is 33.4 Å². The molecule has 28 heavy (non-hydrogen) atoms. The Balaban J connectivity index is 1.52. The van der Waals surface area contributed by atoms with E-state index < -0.39 is 15.9 Å². The standard InChI is InChI=1S/C18H19ClN4O4S/c19-15-4-1-3-14(11-15)18(25)22-21-17(24)13-6-9-23(10-7-13)28(26,27)16-5-2-8-20-12-16/h1-5,8,11-13H,6-7,9-10H2,(H,21,24)(H,22,25). The van der Waals surface area contributed by atoms with Crippen LogP contribution in [0.3, 0.4) is 0 Å². The maximum Gasteiger partial charge on any atom is 0.269 e. The summed E-state index contributed by atoms with van der Waals surface area (Å²) < 4.78 is 26.5. The number of hydrogen-bond donors (Lipinski definition) is 2. The molecule has 148 valence electrons. The number of pyridine rings is 1. The van der Waals surface area contributed by atoms with Crippen molar-refractivity contribution in [2.24, 2.45) is 5.92 Å². The van der Waals surface area contributed by atoms with Crippen molar-refractivity contribution in [2.45, 2.75) is 17.7 Å². The number of hydrogen-bond acceptors (Lipinski definition) is 5. The second kappa shape index (κ2) is 8.68. The first-order valence-electron chi connectivity index (χ1n) is 8.64. The highest BCUT2D eigenvalue weighted by atomic mass is 35.5. The van der Waals surface area contributed by atoms with Crippen molar-refractivity contribution in [1.82, 2.24) is 20.1 Å². The number of rotatable bonds is 4. The number of piperidine rings is 1. The predicted octanol–water partition coefficient (Wildman–Crippen LogP) is 1.60. The van der Waals surface area contributed by atoms with Gasteiger partial charge in [0.2, 0.25) is 15.9 Å². The Kier molecular flexibility index (Phi) is 6.28. The molecule has 3 rings (SSSR count). The van der Waals surface area contributed by atoms with Crippen LogP contribution in [0.15, 0.2) is 53.7 Å². The molecule has 0 spiro atoms. The van der Waals surface area contributed by atoms with Gasteiger partial charge in [0.15, 0.2) is 0 Å². The van der Waals surface area contributed by atoms with E-state index in [1.54, 1.807) is 24.3 Å². The first kappa shape index (κ1) is 20.2. The molecule has 8 nitrogen and oxygen atoms in total. The molecule has 0 atom stereocenters. The summed E-state index contributed by atoms with van der Waals surface area (Å²) in [6, 6.07) is 9.41. The molecule has 0 unspecified atom stereocenters. The van der Waals surface area contributed by atoms with Gasteiger partial charge in [-0.25, -0.2) is 8.42 Å². The molecule has 2 amide bonds. The van der Waals surface area contributed by atoms with E-state index in [0.717, 1.165) is 0 Å². The van der Waals surface area contributed by atoms with E-state index in [4.69, 9.17) is 11.6 Å². The molecule has 0 aliphatic carbocycles. The molecule has 2 aromatic rings. The first-order chi connectivity index (χ1) is 13.4. The van der Waals surface area contributed by atoms with Gasteiger partial charge < -0.3 is 0 Å². The zero-order valence-corrected chi connectivity index (χ0v) is 16.4. The molecule has 0 radical (unpaired) electrons. The number of nitrogens with one attached hydrogen (secondary N) is 2. The summed E-state index contributed by atoms with van der Waals surface area (Å²) in [6.07, 6.45) is 3.53. The minimum absolute atomic E-state index is 0.131. The Bertz CT molecular complexity index is 961. The van der Waals surface area contributed by atoms with Gasteiger partial charge in [-0.3, -0.25) is 25.4 Å². The minimum atomic E-state index is -3.62. The number of halogens is 1. The lowest BCUT2D eigenvalue weighted by molar-refractivity contribution is -0.126. The number of carbonyl (C=O) groups excluding carboxylic acids is 2. The molecule has 2 N–H and O–H groups in total. The lowest BCUT2D eigenvalue weighted by Gasteiger charge is -2.30. The summed E-state index contributed by atoms with van der Waals surface area (Å²) in [6.45, 7) is 0.440.